The Labute approximate surface area is 175 Å². The maximum Gasteiger partial charge on any atom is 0.231 e. The zero-order chi connectivity index (χ0) is 21.1. The number of hydrogen-bond acceptors (Lipinski definition) is 6. The third-order valence-electron chi connectivity index (χ3n) is 5.53. The summed E-state index contributed by atoms with van der Waals surface area (Å²) in [5.41, 5.74) is 3.81. The number of allylic oxidation sites excluding steroid dienone is 1. The maximum absolute atomic E-state index is 12.8. The van der Waals surface area contributed by atoms with E-state index in [1.807, 2.05) is 30.5 Å². The number of aromatic nitrogens is 1. The summed E-state index contributed by atoms with van der Waals surface area (Å²) in [7, 11) is 0. The summed E-state index contributed by atoms with van der Waals surface area (Å²) < 4.78 is 5.11. The monoisotopic (exact) mass is 407 g/mol. The van der Waals surface area contributed by atoms with Gasteiger partial charge in [0.2, 0.25) is 5.91 Å². The molecule has 1 saturated heterocycles. The predicted molar refractivity (Wildman–Crippen MR) is 112 cm³/mol. The number of carbonyl (C=O) groups is 2. The molecule has 3 heterocycles. The third kappa shape index (κ3) is 4.57. The molecule has 2 aromatic rings. The average Bonchev–Trinajstić information content (AvgIpc) is 3.48. The number of aliphatic hydroxyl groups is 1. The van der Waals surface area contributed by atoms with E-state index in [-0.39, 0.29) is 31.1 Å². The zero-order valence-corrected chi connectivity index (χ0v) is 17.0. The highest BCUT2D eigenvalue weighted by atomic mass is 16.5. The number of Topliss-reactive ketones (excluding diaryl/α,β-unsaturated/α-hetero) is 1. The van der Waals surface area contributed by atoms with Crippen LogP contribution in [0.4, 0.5) is 0 Å². The number of hydrogen-bond donors (Lipinski definition) is 1. The summed E-state index contributed by atoms with van der Waals surface area (Å²) in [5.74, 6) is 0.212. The number of nitrogens with zero attached hydrogens (tertiary/aromatic N) is 3. The van der Waals surface area contributed by atoms with Gasteiger partial charge in [0, 0.05) is 38.1 Å². The Morgan fingerprint density at radius 1 is 1.27 bits per heavy atom. The van der Waals surface area contributed by atoms with Crippen LogP contribution in [0.3, 0.4) is 0 Å². The van der Waals surface area contributed by atoms with Crippen LogP contribution in [0.2, 0.25) is 0 Å². The number of aliphatic imine (C=N–C) groups is 1. The summed E-state index contributed by atoms with van der Waals surface area (Å²) in [4.78, 5) is 31.3. The van der Waals surface area contributed by atoms with Crippen LogP contribution in [0, 0.1) is 6.92 Å². The van der Waals surface area contributed by atoms with Gasteiger partial charge in [-0.3, -0.25) is 14.6 Å². The second-order valence-electron chi connectivity index (χ2n) is 7.86. The molecule has 2 atom stereocenters. The molecule has 1 aromatic heterocycles. The van der Waals surface area contributed by atoms with Crippen molar-refractivity contribution in [1.82, 2.24) is 10.1 Å². The first kappa shape index (κ1) is 20.2. The van der Waals surface area contributed by atoms with Crippen molar-refractivity contribution in [2.75, 3.05) is 6.54 Å². The molecule has 2 aliphatic heterocycles. The minimum atomic E-state index is -0.682. The van der Waals surface area contributed by atoms with E-state index in [1.54, 1.807) is 13.0 Å². The van der Waals surface area contributed by atoms with Gasteiger partial charge in [0.25, 0.3) is 0 Å². The summed E-state index contributed by atoms with van der Waals surface area (Å²) in [5, 5.41) is 13.8. The van der Waals surface area contributed by atoms with Crippen molar-refractivity contribution in [3.05, 3.63) is 59.0 Å². The largest absolute Gasteiger partial charge is 0.391 e. The lowest BCUT2D eigenvalue weighted by molar-refractivity contribution is -0.137. The van der Waals surface area contributed by atoms with Crippen LogP contribution in [-0.2, 0) is 22.4 Å². The van der Waals surface area contributed by atoms with Crippen LogP contribution in [0.25, 0.3) is 5.70 Å². The molecule has 1 N–H and O–H groups in total. The predicted octanol–water partition coefficient (Wildman–Crippen LogP) is 2.50. The molecule has 0 radical (unpaired) electrons. The van der Waals surface area contributed by atoms with Gasteiger partial charge in [-0.2, -0.15) is 0 Å². The minimum absolute atomic E-state index is 0.0270. The average molecular weight is 407 g/mol. The van der Waals surface area contributed by atoms with E-state index in [0.717, 1.165) is 23.2 Å². The number of rotatable bonds is 7. The lowest BCUT2D eigenvalue weighted by Gasteiger charge is -2.23. The lowest BCUT2D eigenvalue weighted by Crippen LogP contribution is -2.41. The zero-order valence-electron chi connectivity index (χ0n) is 17.0. The summed E-state index contributed by atoms with van der Waals surface area (Å²) in [6, 6.07) is 9.17. The van der Waals surface area contributed by atoms with Crippen molar-refractivity contribution in [3.8, 4) is 0 Å². The van der Waals surface area contributed by atoms with Crippen molar-refractivity contribution in [2.45, 2.75) is 51.2 Å². The Hall–Kier alpha value is -3.06. The van der Waals surface area contributed by atoms with Gasteiger partial charge in [0.05, 0.1) is 30.0 Å². The summed E-state index contributed by atoms with van der Waals surface area (Å²) >= 11 is 0. The highest BCUT2D eigenvalue weighted by molar-refractivity contribution is 5.90. The summed E-state index contributed by atoms with van der Waals surface area (Å²) in [6.45, 7) is 1.96. The van der Waals surface area contributed by atoms with E-state index in [2.05, 4.69) is 16.2 Å². The topological polar surface area (TPSA) is 96.0 Å². The van der Waals surface area contributed by atoms with Crippen LogP contribution in [-0.4, -0.2) is 51.8 Å². The highest BCUT2D eigenvalue weighted by Gasteiger charge is 2.38. The van der Waals surface area contributed by atoms with Crippen molar-refractivity contribution >= 4 is 23.6 Å². The minimum Gasteiger partial charge on any atom is -0.391 e. The fraction of sp³-hybridized carbons (Fsp3) is 0.391. The van der Waals surface area contributed by atoms with Gasteiger partial charge >= 0.3 is 0 Å². The Balaban J connectivity index is 1.35. The standard InChI is InChI=1S/C23H25N3O4/c1-15-11-19(30-25-15)13-23(29)26-14-18(27)12-21(26)22(28)9-6-16-4-7-17(8-5-16)20-3-2-10-24-20/h3-5,7-8,10-11,18,21,27H,2,6,9,12-14H2,1H3/t18-,21+/m1/s1. The smallest absolute Gasteiger partial charge is 0.231 e. The molecule has 1 aromatic carbocycles. The molecule has 156 valence electrons. The number of aliphatic hydroxyl groups excluding tert-OH is 1. The normalized spacial score (nSPS) is 20.6. The van der Waals surface area contributed by atoms with E-state index in [1.165, 1.54) is 4.90 Å². The highest BCUT2D eigenvalue weighted by Crippen LogP contribution is 2.23. The van der Waals surface area contributed by atoms with Crippen LogP contribution >= 0.6 is 0 Å². The van der Waals surface area contributed by atoms with Crippen molar-refractivity contribution in [3.63, 3.8) is 0 Å². The first-order valence-corrected chi connectivity index (χ1v) is 10.2. The molecule has 1 fully saturated rings. The Morgan fingerprint density at radius 2 is 2.07 bits per heavy atom. The molecule has 7 heteroatoms. The fourth-order valence-corrected chi connectivity index (χ4v) is 3.98. The first-order chi connectivity index (χ1) is 14.5. The molecule has 4 rings (SSSR count). The van der Waals surface area contributed by atoms with E-state index in [4.69, 9.17) is 4.52 Å². The molecule has 0 saturated carbocycles. The van der Waals surface area contributed by atoms with Crippen LogP contribution in [0.5, 0.6) is 0 Å². The second-order valence-corrected chi connectivity index (χ2v) is 7.86. The second kappa shape index (κ2) is 8.75. The summed E-state index contributed by atoms with van der Waals surface area (Å²) in [6.07, 6.45) is 5.38. The SMILES string of the molecule is Cc1cc(CC(=O)N2C[C@H](O)C[C@H]2C(=O)CCc2ccc(C3=CCC=N3)cc2)on1. The Kier molecular flexibility index (Phi) is 5.90. The van der Waals surface area contributed by atoms with E-state index in [0.29, 0.717) is 24.3 Å². The molecule has 0 spiro atoms. The lowest BCUT2D eigenvalue weighted by atomic mass is 10.00. The van der Waals surface area contributed by atoms with Crippen molar-refractivity contribution < 1.29 is 19.2 Å². The Morgan fingerprint density at radius 3 is 2.73 bits per heavy atom. The fourth-order valence-electron chi connectivity index (χ4n) is 3.98. The number of benzene rings is 1. The molecule has 0 bridgehead atoms. The van der Waals surface area contributed by atoms with Gasteiger partial charge in [-0.15, -0.1) is 0 Å². The van der Waals surface area contributed by atoms with Crippen LogP contribution in [0.1, 0.15) is 41.8 Å². The first-order valence-electron chi connectivity index (χ1n) is 10.2. The van der Waals surface area contributed by atoms with Gasteiger partial charge < -0.3 is 14.5 Å². The maximum atomic E-state index is 12.8. The third-order valence-corrected chi connectivity index (χ3v) is 5.53. The quantitative estimate of drug-likeness (QED) is 0.761. The van der Waals surface area contributed by atoms with Gasteiger partial charge in [-0.05, 0) is 24.5 Å². The van der Waals surface area contributed by atoms with Crippen molar-refractivity contribution in [2.24, 2.45) is 4.99 Å². The molecule has 7 nitrogen and oxygen atoms in total. The van der Waals surface area contributed by atoms with Gasteiger partial charge in [-0.25, -0.2) is 0 Å². The molecule has 30 heavy (non-hydrogen) atoms. The van der Waals surface area contributed by atoms with E-state index < -0.39 is 12.1 Å². The van der Waals surface area contributed by atoms with Gasteiger partial charge in [-0.1, -0.05) is 35.5 Å². The van der Waals surface area contributed by atoms with Crippen LogP contribution in [0.15, 0.2) is 45.9 Å². The van der Waals surface area contributed by atoms with Crippen molar-refractivity contribution in [1.29, 1.82) is 0 Å². The number of β-amino-alcohol motifs (C(OH)–C–C–N with tert-alkyl or cyclic N) is 1. The number of carbonyl (C=O) groups excluding carboxylic acids is 2. The number of ketones is 1. The number of likely N-dealkylation sites (tertiary alicyclic amines) is 1. The van der Waals surface area contributed by atoms with Crippen LogP contribution < -0.4 is 0 Å². The molecular weight excluding hydrogens is 382 g/mol. The molecule has 0 unspecified atom stereocenters. The van der Waals surface area contributed by atoms with Gasteiger partial charge in [0.15, 0.2) is 5.78 Å². The number of amides is 1. The molecule has 0 aliphatic carbocycles. The molecule has 2 aliphatic rings. The Bertz CT molecular complexity index is 990. The van der Waals surface area contributed by atoms with Gasteiger partial charge in [0.1, 0.15) is 5.76 Å². The molecular formula is C23H25N3O4. The van der Waals surface area contributed by atoms with E-state index >= 15 is 0 Å². The molecule has 1 amide bonds. The van der Waals surface area contributed by atoms with E-state index in [9.17, 15) is 14.7 Å². The number of aryl methyl sites for hydroxylation is 2.